The fraction of sp³-hybridized carbons (Fsp3) is 0.562. The van der Waals surface area contributed by atoms with Crippen molar-refractivity contribution in [1.82, 2.24) is 15.5 Å². The molecule has 1 aliphatic heterocycles. The van der Waals surface area contributed by atoms with Crippen molar-refractivity contribution >= 4 is 18.3 Å². The molecule has 1 aliphatic rings. The molecule has 1 heterocycles. The molecule has 0 aromatic heterocycles. The van der Waals surface area contributed by atoms with E-state index in [4.69, 9.17) is 0 Å². The molecule has 1 aromatic rings. The highest BCUT2D eigenvalue weighted by molar-refractivity contribution is 5.85. The van der Waals surface area contributed by atoms with E-state index >= 15 is 0 Å². The van der Waals surface area contributed by atoms with Crippen LogP contribution < -0.4 is 10.6 Å². The average molecular weight is 312 g/mol. The van der Waals surface area contributed by atoms with Crippen LogP contribution in [0.5, 0.6) is 0 Å². The van der Waals surface area contributed by atoms with Gasteiger partial charge in [0.25, 0.3) is 0 Å². The lowest BCUT2D eigenvalue weighted by Crippen LogP contribution is -2.39. The van der Waals surface area contributed by atoms with Crippen LogP contribution >= 0.6 is 12.4 Å². The van der Waals surface area contributed by atoms with Gasteiger partial charge in [-0.25, -0.2) is 0 Å². The zero-order valence-electron chi connectivity index (χ0n) is 12.7. The first-order valence-corrected chi connectivity index (χ1v) is 7.50. The molecule has 2 rings (SSSR count). The first-order chi connectivity index (χ1) is 9.75. The maximum Gasteiger partial charge on any atom is 0.234 e. The average Bonchev–Trinajstić information content (AvgIpc) is 2.69. The fourth-order valence-corrected chi connectivity index (χ4v) is 2.55. The Morgan fingerprint density at radius 3 is 2.90 bits per heavy atom. The van der Waals surface area contributed by atoms with Crippen LogP contribution in [-0.4, -0.2) is 50.1 Å². The molecule has 0 aliphatic carbocycles. The predicted molar refractivity (Wildman–Crippen MR) is 89.1 cm³/mol. The molecular weight excluding hydrogens is 286 g/mol. The van der Waals surface area contributed by atoms with Crippen LogP contribution in [-0.2, 0) is 11.2 Å². The van der Waals surface area contributed by atoms with Crippen molar-refractivity contribution in [3.63, 3.8) is 0 Å². The maximum atomic E-state index is 11.9. The van der Waals surface area contributed by atoms with Crippen molar-refractivity contribution in [2.45, 2.75) is 19.8 Å². The molecular formula is C16H26ClN3O. The first-order valence-electron chi connectivity index (χ1n) is 7.50. The molecule has 0 atom stereocenters. The van der Waals surface area contributed by atoms with Gasteiger partial charge in [0.05, 0.1) is 6.54 Å². The Morgan fingerprint density at radius 1 is 1.29 bits per heavy atom. The molecule has 1 amide bonds. The lowest BCUT2D eigenvalue weighted by Gasteiger charge is -2.18. The summed E-state index contributed by atoms with van der Waals surface area (Å²) in [4.78, 5) is 14.2. The van der Waals surface area contributed by atoms with Crippen molar-refractivity contribution < 1.29 is 4.79 Å². The molecule has 0 radical (unpaired) electrons. The van der Waals surface area contributed by atoms with Gasteiger partial charge in [0.2, 0.25) is 5.91 Å². The van der Waals surface area contributed by atoms with Gasteiger partial charge in [-0.15, -0.1) is 12.4 Å². The summed E-state index contributed by atoms with van der Waals surface area (Å²) in [6.07, 6.45) is 2.02. The van der Waals surface area contributed by atoms with Crippen LogP contribution in [0.3, 0.4) is 0 Å². The smallest absolute Gasteiger partial charge is 0.234 e. The standard InChI is InChI=1S/C16H25N3O.ClH/c1-14-5-2-3-6-15(14)7-9-18-16(20)13-19-11-4-8-17-10-12-19;/h2-3,5-6,17H,4,7-13H2,1H3,(H,18,20);1H. The predicted octanol–water partition coefficient (Wildman–Crippen LogP) is 1.37. The number of hydrogen-bond acceptors (Lipinski definition) is 3. The normalized spacial score (nSPS) is 15.9. The summed E-state index contributed by atoms with van der Waals surface area (Å²) < 4.78 is 0. The number of aryl methyl sites for hydroxylation is 1. The number of benzene rings is 1. The molecule has 21 heavy (non-hydrogen) atoms. The summed E-state index contributed by atoms with van der Waals surface area (Å²) in [6, 6.07) is 8.34. The monoisotopic (exact) mass is 311 g/mol. The Labute approximate surface area is 133 Å². The Kier molecular flexibility index (Phi) is 8.35. The van der Waals surface area contributed by atoms with E-state index in [1.807, 2.05) is 12.1 Å². The molecule has 4 nitrogen and oxygen atoms in total. The van der Waals surface area contributed by atoms with Gasteiger partial charge in [-0.1, -0.05) is 24.3 Å². The number of carbonyl (C=O) groups is 1. The summed E-state index contributed by atoms with van der Waals surface area (Å²) >= 11 is 0. The van der Waals surface area contributed by atoms with Crippen LogP contribution in [0.4, 0.5) is 0 Å². The number of nitrogens with zero attached hydrogens (tertiary/aromatic N) is 1. The van der Waals surface area contributed by atoms with E-state index in [0.29, 0.717) is 6.54 Å². The minimum atomic E-state index is 0. The number of carbonyl (C=O) groups excluding carboxylic acids is 1. The fourth-order valence-electron chi connectivity index (χ4n) is 2.55. The minimum absolute atomic E-state index is 0. The Bertz CT molecular complexity index is 431. The Morgan fingerprint density at radius 2 is 2.10 bits per heavy atom. The number of hydrogen-bond donors (Lipinski definition) is 2. The number of amides is 1. The Balaban J connectivity index is 0.00000220. The largest absolute Gasteiger partial charge is 0.355 e. The second kappa shape index (κ2) is 9.77. The van der Waals surface area contributed by atoms with E-state index in [-0.39, 0.29) is 18.3 Å². The van der Waals surface area contributed by atoms with Crippen LogP contribution in [0.2, 0.25) is 0 Å². The quantitative estimate of drug-likeness (QED) is 0.863. The molecule has 0 bridgehead atoms. The number of halogens is 1. The molecule has 5 heteroatoms. The van der Waals surface area contributed by atoms with Gasteiger partial charge in [-0.2, -0.15) is 0 Å². The lowest BCUT2D eigenvalue weighted by molar-refractivity contribution is -0.122. The van der Waals surface area contributed by atoms with Crippen LogP contribution in [0, 0.1) is 6.92 Å². The zero-order chi connectivity index (χ0) is 14.2. The van der Waals surface area contributed by atoms with E-state index in [1.165, 1.54) is 11.1 Å². The van der Waals surface area contributed by atoms with Crippen LogP contribution in [0.25, 0.3) is 0 Å². The highest BCUT2D eigenvalue weighted by Crippen LogP contribution is 2.06. The van der Waals surface area contributed by atoms with E-state index in [9.17, 15) is 4.79 Å². The number of nitrogens with one attached hydrogen (secondary N) is 2. The van der Waals surface area contributed by atoms with Gasteiger partial charge in [-0.05, 0) is 44.0 Å². The van der Waals surface area contributed by atoms with Crippen LogP contribution in [0.15, 0.2) is 24.3 Å². The third kappa shape index (κ3) is 6.46. The third-order valence-electron chi connectivity index (χ3n) is 3.78. The molecule has 1 fully saturated rings. The molecule has 0 saturated carbocycles. The third-order valence-corrected chi connectivity index (χ3v) is 3.78. The highest BCUT2D eigenvalue weighted by Gasteiger charge is 2.12. The molecule has 0 spiro atoms. The van der Waals surface area contributed by atoms with Gasteiger partial charge in [0, 0.05) is 19.6 Å². The van der Waals surface area contributed by atoms with E-state index < -0.39 is 0 Å². The van der Waals surface area contributed by atoms with E-state index in [0.717, 1.165) is 45.6 Å². The van der Waals surface area contributed by atoms with Crippen molar-refractivity contribution in [2.75, 3.05) is 39.3 Å². The van der Waals surface area contributed by atoms with Crippen molar-refractivity contribution in [3.05, 3.63) is 35.4 Å². The minimum Gasteiger partial charge on any atom is -0.355 e. The van der Waals surface area contributed by atoms with E-state index in [1.54, 1.807) is 0 Å². The van der Waals surface area contributed by atoms with Gasteiger partial charge in [0.15, 0.2) is 0 Å². The van der Waals surface area contributed by atoms with Crippen molar-refractivity contribution in [3.8, 4) is 0 Å². The van der Waals surface area contributed by atoms with Crippen molar-refractivity contribution in [2.24, 2.45) is 0 Å². The lowest BCUT2D eigenvalue weighted by atomic mass is 10.1. The second-order valence-electron chi connectivity index (χ2n) is 5.41. The Hall–Kier alpha value is -1.10. The first kappa shape index (κ1) is 18.0. The molecule has 0 unspecified atom stereocenters. The molecule has 1 saturated heterocycles. The van der Waals surface area contributed by atoms with E-state index in [2.05, 4.69) is 34.6 Å². The summed E-state index contributed by atoms with van der Waals surface area (Å²) in [6.45, 7) is 7.37. The topological polar surface area (TPSA) is 44.4 Å². The summed E-state index contributed by atoms with van der Waals surface area (Å²) in [7, 11) is 0. The second-order valence-corrected chi connectivity index (χ2v) is 5.41. The van der Waals surface area contributed by atoms with Gasteiger partial charge >= 0.3 is 0 Å². The summed E-state index contributed by atoms with van der Waals surface area (Å²) in [5, 5.41) is 6.37. The number of rotatable bonds is 5. The van der Waals surface area contributed by atoms with Gasteiger partial charge in [-0.3, -0.25) is 9.69 Å². The zero-order valence-corrected chi connectivity index (χ0v) is 13.5. The summed E-state index contributed by atoms with van der Waals surface area (Å²) in [5.74, 6) is 0.139. The van der Waals surface area contributed by atoms with Crippen LogP contribution in [0.1, 0.15) is 17.5 Å². The maximum absolute atomic E-state index is 11.9. The summed E-state index contributed by atoms with van der Waals surface area (Å²) in [5.41, 5.74) is 2.60. The molecule has 118 valence electrons. The highest BCUT2D eigenvalue weighted by atomic mass is 35.5. The molecule has 1 aromatic carbocycles. The SMILES string of the molecule is Cc1ccccc1CCNC(=O)CN1CCCNCC1.Cl. The van der Waals surface area contributed by atoms with Gasteiger partial charge < -0.3 is 10.6 Å². The molecule has 2 N–H and O–H groups in total. The van der Waals surface area contributed by atoms with Crippen molar-refractivity contribution in [1.29, 1.82) is 0 Å². The van der Waals surface area contributed by atoms with Gasteiger partial charge in [0.1, 0.15) is 0 Å².